The van der Waals surface area contributed by atoms with Gasteiger partial charge in [0.2, 0.25) is 0 Å². The zero-order valence-electron chi connectivity index (χ0n) is 16.0. The molecule has 0 aliphatic heterocycles. The fourth-order valence-corrected chi connectivity index (χ4v) is 6.92. The minimum atomic E-state index is 0.273. The number of nitrogens with zero attached hydrogens (tertiary/aromatic N) is 1. The molecule has 5 rings (SSSR count). The van der Waals surface area contributed by atoms with Crippen molar-refractivity contribution in [2.24, 2.45) is 28.6 Å². The van der Waals surface area contributed by atoms with Gasteiger partial charge in [-0.1, -0.05) is 31.6 Å². The fraction of sp³-hybridized carbons (Fsp3) is 0.583. The van der Waals surface area contributed by atoms with Crippen LogP contribution in [0.1, 0.15) is 64.4 Å². The normalized spacial score (nSPS) is 41.6. The van der Waals surface area contributed by atoms with E-state index in [0.717, 1.165) is 37.0 Å². The maximum atomic E-state index is 12.0. The van der Waals surface area contributed by atoms with Gasteiger partial charge in [-0.2, -0.15) is 0 Å². The summed E-state index contributed by atoms with van der Waals surface area (Å²) >= 11 is 0. The van der Waals surface area contributed by atoms with Gasteiger partial charge in [-0.25, -0.2) is 0 Å². The molecule has 2 saturated carbocycles. The molecule has 2 nitrogen and oxygen atoms in total. The van der Waals surface area contributed by atoms with Gasteiger partial charge in [-0.3, -0.25) is 9.78 Å². The first-order valence-corrected chi connectivity index (χ1v) is 10.4. The molecular formula is C24H29NO. The van der Waals surface area contributed by atoms with Crippen LogP contribution in [0, 0.1) is 28.6 Å². The van der Waals surface area contributed by atoms with Crippen molar-refractivity contribution >= 4 is 11.4 Å². The Morgan fingerprint density at radius 3 is 2.81 bits per heavy atom. The summed E-state index contributed by atoms with van der Waals surface area (Å²) in [6.45, 7) is 4.96. The van der Waals surface area contributed by atoms with E-state index in [2.05, 4.69) is 37.0 Å². The number of pyridine rings is 1. The minimum Gasteiger partial charge on any atom is -0.295 e. The van der Waals surface area contributed by atoms with Gasteiger partial charge in [0.05, 0.1) is 0 Å². The van der Waals surface area contributed by atoms with Gasteiger partial charge in [-0.15, -0.1) is 0 Å². The van der Waals surface area contributed by atoms with Crippen LogP contribution in [-0.2, 0) is 4.79 Å². The second-order valence-corrected chi connectivity index (χ2v) is 9.63. The van der Waals surface area contributed by atoms with Gasteiger partial charge in [0, 0.05) is 18.8 Å². The molecule has 0 N–H and O–H groups in total. The number of fused-ring (bicyclic) bond motifs is 5. The van der Waals surface area contributed by atoms with Crippen molar-refractivity contribution in [1.29, 1.82) is 0 Å². The lowest BCUT2D eigenvalue weighted by Crippen LogP contribution is -2.49. The summed E-state index contributed by atoms with van der Waals surface area (Å²) < 4.78 is 0. The molecule has 4 aliphatic rings. The molecule has 0 spiro atoms. The predicted molar refractivity (Wildman–Crippen MR) is 104 cm³/mol. The predicted octanol–water partition coefficient (Wildman–Crippen LogP) is 5.61. The molecule has 0 saturated heterocycles. The zero-order valence-corrected chi connectivity index (χ0v) is 16.0. The van der Waals surface area contributed by atoms with Crippen molar-refractivity contribution in [3.05, 3.63) is 47.8 Å². The summed E-state index contributed by atoms with van der Waals surface area (Å²) in [5.74, 6) is 2.68. The number of hydrogen-bond acceptors (Lipinski definition) is 2. The van der Waals surface area contributed by atoms with E-state index in [9.17, 15) is 4.79 Å². The topological polar surface area (TPSA) is 30.0 Å². The molecule has 2 heteroatoms. The molecule has 2 fully saturated rings. The van der Waals surface area contributed by atoms with E-state index in [-0.39, 0.29) is 5.41 Å². The standard InChI is InChI=1S/C24H29NO/c1-23-9-8-21-20(6-5-18-13-19(26)7-10-24(18,21)2)22(23)12-17(14-23)16-4-3-11-25-15-16/h3-4,11,13-15,20-22H,5-10,12H2,1-2H3/t20-,21+,22+,23-,24+/m1/s1. The Morgan fingerprint density at radius 2 is 2.00 bits per heavy atom. The third-order valence-corrected chi connectivity index (χ3v) is 8.38. The monoisotopic (exact) mass is 347 g/mol. The van der Waals surface area contributed by atoms with E-state index in [1.54, 1.807) is 0 Å². The van der Waals surface area contributed by atoms with Gasteiger partial charge in [0.25, 0.3) is 0 Å². The second kappa shape index (κ2) is 5.65. The van der Waals surface area contributed by atoms with Crippen LogP contribution in [0.3, 0.4) is 0 Å². The second-order valence-electron chi connectivity index (χ2n) is 9.63. The highest BCUT2D eigenvalue weighted by Gasteiger charge is 2.56. The van der Waals surface area contributed by atoms with Crippen LogP contribution in [0.15, 0.2) is 42.3 Å². The number of aromatic nitrogens is 1. The van der Waals surface area contributed by atoms with Crippen LogP contribution in [0.2, 0.25) is 0 Å². The molecule has 0 unspecified atom stereocenters. The largest absolute Gasteiger partial charge is 0.295 e. The molecule has 0 amide bonds. The molecule has 0 bridgehead atoms. The molecule has 0 aromatic carbocycles. The number of carbonyl (C=O) groups is 1. The highest BCUT2D eigenvalue weighted by atomic mass is 16.1. The molecule has 1 aromatic heterocycles. The molecule has 0 radical (unpaired) electrons. The molecule has 1 heterocycles. The number of allylic oxidation sites excluding steroid dienone is 4. The van der Waals surface area contributed by atoms with Crippen LogP contribution in [0.4, 0.5) is 0 Å². The van der Waals surface area contributed by atoms with Crippen LogP contribution in [0.5, 0.6) is 0 Å². The highest BCUT2D eigenvalue weighted by molar-refractivity contribution is 5.91. The van der Waals surface area contributed by atoms with Gasteiger partial charge in [-0.05, 0) is 90.4 Å². The number of carbonyl (C=O) groups excluding carboxylic acids is 1. The molecule has 5 atom stereocenters. The quantitative estimate of drug-likeness (QED) is 0.661. The van der Waals surface area contributed by atoms with Crippen LogP contribution in [0.25, 0.3) is 5.57 Å². The van der Waals surface area contributed by atoms with Crippen LogP contribution >= 0.6 is 0 Å². The molecule has 1 aromatic rings. The van der Waals surface area contributed by atoms with E-state index in [4.69, 9.17) is 0 Å². The van der Waals surface area contributed by atoms with Crippen molar-refractivity contribution < 1.29 is 4.79 Å². The summed E-state index contributed by atoms with van der Waals surface area (Å²) in [4.78, 5) is 16.3. The Bertz CT molecular complexity index is 807. The minimum absolute atomic E-state index is 0.273. The van der Waals surface area contributed by atoms with E-state index in [0.29, 0.717) is 11.2 Å². The molecule has 4 aliphatic carbocycles. The van der Waals surface area contributed by atoms with Crippen LogP contribution < -0.4 is 0 Å². The van der Waals surface area contributed by atoms with Crippen molar-refractivity contribution in [2.45, 2.75) is 58.8 Å². The zero-order chi connectivity index (χ0) is 17.9. The number of rotatable bonds is 1. The van der Waals surface area contributed by atoms with Crippen molar-refractivity contribution in [2.75, 3.05) is 0 Å². The Morgan fingerprint density at radius 1 is 1.12 bits per heavy atom. The lowest BCUT2D eigenvalue weighted by Gasteiger charge is -2.57. The fourth-order valence-electron chi connectivity index (χ4n) is 6.92. The average Bonchev–Trinajstić information content (AvgIpc) is 3.01. The van der Waals surface area contributed by atoms with Gasteiger partial charge < -0.3 is 0 Å². The first-order chi connectivity index (χ1) is 12.5. The third-order valence-electron chi connectivity index (χ3n) is 8.38. The molecular weight excluding hydrogens is 318 g/mol. The van der Waals surface area contributed by atoms with Gasteiger partial charge in [0.15, 0.2) is 5.78 Å². The summed E-state index contributed by atoms with van der Waals surface area (Å²) in [6.07, 6.45) is 16.5. The van der Waals surface area contributed by atoms with Crippen molar-refractivity contribution in [3.8, 4) is 0 Å². The molecule has 26 heavy (non-hydrogen) atoms. The Balaban J connectivity index is 1.47. The van der Waals surface area contributed by atoms with E-state index >= 15 is 0 Å². The SMILES string of the molecule is C[C@@]12C=C(c3cccnc3)C[C@H]1[C@@H]1CCC3=CC(=O)CC[C@]3(C)[C@H]1CC2. The Labute approximate surface area is 156 Å². The van der Waals surface area contributed by atoms with E-state index < -0.39 is 0 Å². The third kappa shape index (κ3) is 2.30. The highest BCUT2D eigenvalue weighted by Crippen LogP contribution is 2.65. The summed E-state index contributed by atoms with van der Waals surface area (Å²) in [7, 11) is 0. The Kier molecular flexibility index (Phi) is 3.58. The number of ketones is 1. The smallest absolute Gasteiger partial charge is 0.155 e. The summed E-state index contributed by atoms with van der Waals surface area (Å²) in [5, 5.41) is 0. The average molecular weight is 348 g/mol. The van der Waals surface area contributed by atoms with Crippen molar-refractivity contribution in [1.82, 2.24) is 4.98 Å². The lowest BCUT2D eigenvalue weighted by molar-refractivity contribution is -0.117. The lowest BCUT2D eigenvalue weighted by atomic mass is 9.47. The molecule has 136 valence electrons. The summed E-state index contributed by atoms with van der Waals surface area (Å²) in [6, 6.07) is 4.27. The van der Waals surface area contributed by atoms with Gasteiger partial charge in [0.1, 0.15) is 0 Å². The summed E-state index contributed by atoms with van der Waals surface area (Å²) in [5.41, 5.74) is 4.91. The number of hydrogen-bond donors (Lipinski definition) is 0. The maximum Gasteiger partial charge on any atom is 0.155 e. The first kappa shape index (κ1) is 16.5. The Hall–Kier alpha value is -1.70. The van der Waals surface area contributed by atoms with Gasteiger partial charge >= 0.3 is 0 Å². The van der Waals surface area contributed by atoms with E-state index in [1.807, 2.05) is 18.5 Å². The van der Waals surface area contributed by atoms with E-state index in [1.165, 1.54) is 42.4 Å². The first-order valence-electron chi connectivity index (χ1n) is 10.4. The maximum absolute atomic E-state index is 12.0. The van der Waals surface area contributed by atoms with Crippen molar-refractivity contribution in [3.63, 3.8) is 0 Å². The van der Waals surface area contributed by atoms with Crippen LogP contribution in [-0.4, -0.2) is 10.8 Å².